The van der Waals surface area contributed by atoms with Crippen molar-refractivity contribution >= 4 is 0 Å². The molecular formula is C17H16F3NO. The summed E-state index contributed by atoms with van der Waals surface area (Å²) in [5.74, 6) is 0. The van der Waals surface area contributed by atoms with Crippen LogP contribution in [0.5, 0.6) is 0 Å². The molecule has 116 valence electrons. The number of hydrogen-bond donors (Lipinski definition) is 2. The van der Waals surface area contributed by atoms with E-state index >= 15 is 0 Å². The van der Waals surface area contributed by atoms with E-state index in [9.17, 15) is 18.3 Å². The summed E-state index contributed by atoms with van der Waals surface area (Å²) >= 11 is 0. The molecule has 22 heavy (non-hydrogen) atoms. The van der Waals surface area contributed by atoms with Gasteiger partial charge < -0.3 is 10.4 Å². The molecule has 2 N–H and O–H groups in total. The Hall–Kier alpha value is -1.85. The van der Waals surface area contributed by atoms with Crippen molar-refractivity contribution in [3.63, 3.8) is 0 Å². The van der Waals surface area contributed by atoms with Gasteiger partial charge in [-0.2, -0.15) is 13.2 Å². The summed E-state index contributed by atoms with van der Waals surface area (Å²) in [6.07, 6.45) is -4.22. The molecule has 0 unspecified atom stereocenters. The molecule has 1 aliphatic carbocycles. The number of hydrogen-bond acceptors (Lipinski definition) is 2. The Morgan fingerprint density at radius 2 is 1.73 bits per heavy atom. The molecule has 5 heteroatoms. The highest BCUT2D eigenvalue weighted by molar-refractivity contribution is 5.36. The van der Waals surface area contributed by atoms with Crippen LogP contribution in [0.1, 0.15) is 28.3 Å². The van der Waals surface area contributed by atoms with Gasteiger partial charge in [0.05, 0.1) is 17.7 Å². The van der Waals surface area contributed by atoms with Crippen molar-refractivity contribution in [2.45, 2.75) is 31.3 Å². The number of halogens is 3. The maximum absolute atomic E-state index is 12.5. The molecule has 3 rings (SSSR count). The lowest BCUT2D eigenvalue weighted by Gasteiger charge is -2.18. The molecule has 1 aliphatic rings. The maximum atomic E-state index is 12.5. The zero-order chi connectivity index (χ0) is 15.7. The molecule has 2 atom stereocenters. The third-order valence-electron chi connectivity index (χ3n) is 4.01. The molecular weight excluding hydrogens is 291 g/mol. The molecule has 0 amide bonds. The Kier molecular flexibility index (Phi) is 3.93. The second-order valence-corrected chi connectivity index (χ2v) is 5.52. The number of rotatable bonds is 3. The van der Waals surface area contributed by atoms with Gasteiger partial charge >= 0.3 is 6.18 Å². The van der Waals surface area contributed by atoms with Gasteiger partial charge in [0, 0.05) is 13.0 Å². The summed E-state index contributed by atoms with van der Waals surface area (Å²) in [6, 6.07) is 12.7. The van der Waals surface area contributed by atoms with Crippen LogP contribution in [-0.4, -0.2) is 11.2 Å². The van der Waals surface area contributed by atoms with E-state index in [1.54, 1.807) is 0 Å². The fraction of sp³-hybridized carbons (Fsp3) is 0.294. The predicted octanol–water partition coefficient (Wildman–Crippen LogP) is 3.45. The molecule has 0 heterocycles. The van der Waals surface area contributed by atoms with E-state index in [1.807, 2.05) is 24.3 Å². The predicted molar refractivity (Wildman–Crippen MR) is 77.2 cm³/mol. The van der Waals surface area contributed by atoms with Crippen molar-refractivity contribution in [2.75, 3.05) is 0 Å². The van der Waals surface area contributed by atoms with Crippen LogP contribution in [0.3, 0.4) is 0 Å². The van der Waals surface area contributed by atoms with Gasteiger partial charge in [-0.25, -0.2) is 0 Å². The van der Waals surface area contributed by atoms with E-state index in [4.69, 9.17) is 0 Å². The zero-order valence-electron chi connectivity index (χ0n) is 11.8. The first-order valence-electron chi connectivity index (χ1n) is 7.10. The molecule has 0 spiro atoms. The number of nitrogens with one attached hydrogen (secondary N) is 1. The van der Waals surface area contributed by atoms with E-state index in [0.717, 1.165) is 28.8 Å². The second-order valence-electron chi connectivity index (χ2n) is 5.52. The number of fused-ring (bicyclic) bond motifs is 1. The molecule has 0 saturated heterocycles. The van der Waals surface area contributed by atoms with Crippen LogP contribution in [0.15, 0.2) is 48.5 Å². The third kappa shape index (κ3) is 3.00. The largest absolute Gasteiger partial charge is 0.416 e. The summed E-state index contributed by atoms with van der Waals surface area (Å²) in [5, 5.41) is 13.4. The maximum Gasteiger partial charge on any atom is 0.416 e. The summed E-state index contributed by atoms with van der Waals surface area (Å²) in [4.78, 5) is 0. The van der Waals surface area contributed by atoms with Crippen LogP contribution in [-0.2, 0) is 19.1 Å². The van der Waals surface area contributed by atoms with Gasteiger partial charge in [-0.3, -0.25) is 0 Å². The lowest BCUT2D eigenvalue weighted by Crippen LogP contribution is -2.28. The van der Waals surface area contributed by atoms with Crippen molar-refractivity contribution in [3.8, 4) is 0 Å². The molecule has 0 fully saturated rings. The van der Waals surface area contributed by atoms with E-state index in [0.29, 0.717) is 13.0 Å². The van der Waals surface area contributed by atoms with Gasteiger partial charge in [0.25, 0.3) is 0 Å². The first-order chi connectivity index (χ1) is 10.4. The van der Waals surface area contributed by atoms with E-state index < -0.39 is 17.8 Å². The quantitative estimate of drug-likeness (QED) is 0.910. The molecule has 0 aliphatic heterocycles. The average molecular weight is 307 g/mol. The van der Waals surface area contributed by atoms with Crippen molar-refractivity contribution in [3.05, 3.63) is 70.8 Å². The van der Waals surface area contributed by atoms with Crippen LogP contribution in [0.2, 0.25) is 0 Å². The minimum atomic E-state index is -4.31. The topological polar surface area (TPSA) is 32.3 Å². The van der Waals surface area contributed by atoms with Gasteiger partial charge in [0.15, 0.2) is 0 Å². The van der Waals surface area contributed by atoms with Crippen molar-refractivity contribution in [1.29, 1.82) is 0 Å². The second kappa shape index (κ2) is 5.74. The third-order valence-corrected chi connectivity index (χ3v) is 4.01. The number of benzene rings is 2. The van der Waals surface area contributed by atoms with Crippen LogP contribution in [0.25, 0.3) is 0 Å². The molecule has 2 aromatic carbocycles. The minimum Gasteiger partial charge on any atom is -0.391 e. The SMILES string of the molecule is O[C@H]1Cc2ccccc2[C@H]1NCc1ccc(C(F)(F)F)cc1. The Balaban J connectivity index is 1.68. The van der Waals surface area contributed by atoms with Gasteiger partial charge in [0.1, 0.15) is 0 Å². The zero-order valence-corrected chi connectivity index (χ0v) is 11.8. The summed E-state index contributed by atoms with van der Waals surface area (Å²) in [5.41, 5.74) is 2.27. The Morgan fingerprint density at radius 1 is 1.05 bits per heavy atom. The van der Waals surface area contributed by atoms with Crippen LogP contribution in [0, 0.1) is 0 Å². The number of alkyl halides is 3. The summed E-state index contributed by atoms with van der Waals surface area (Å²) in [7, 11) is 0. The standard InChI is InChI=1S/C17H16F3NO/c18-17(19,20)13-7-5-11(6-8-13)10-21-16-14-4-2-1-3-12(14)9-15(16)22/h1-8,15-16,21-22H,9-10H2/t15-,16+/m0/s1. The summed E-state index contributed by atoms with van der Waals surface area (Å²) in [6.45, 7) is 0.411. The summed E-state index contributed by atoms with van der Waals surface area (Å²) < 4.78 is 37.6. The lowest BCUT2D eigenvalue weighted by atomic mass is 10.1. The van der Waals surface area contributed by atoms with Gasteiger partial charge in [-0.15, -0.1) is 0 Å². The highest BCUT2D eigenvalue weighted by Crippen LogP contribution is 2.32. The molecule has 0 radical (unpaired) electrons. The smallest absolute Gasteiger partial charge is 0.391 e. The van der Waals surface area contributed by atoms with Crippen molar-refractivity contribution in [1.82, 2.24) is 5.32 Å². The van der Waals surface area contributed by atoms with Gasteiger partial charge in [-0.05, 0) is 28.8 Å². The monoisotopic (exact) mass is 307 g/mol. The van der Waals surface area contributed by atoms with Crippen LogP contribution < -0.4 is 5.32 Å². The van der Waals surface area contributed by atoms with E-state index in [2.05, 4.69) is 5.32 Å². The van der Waals surface area contributed by atoms with Gasteiger partial charge in [0.2, 0.25) is 0 Å². The average Bonchev–Trinajstić information content (AvgIpc) is 2.80. The fourth-order valence-corrected chi connectivity index (χ4v) is 2.86. The molecule has 0 bridgehead atoms. The Morgan fingerprint density at radius 3 is 2.41 bits per heavy atom. The van der Waals surface area contributed by atoms with Crippen molar-refractivity contribution < 1.29 is 18.3 Å². The minimum absolute atomic E-state index is 0.182. The van der Waals surface area contributed by atoms with E-state index in [1.165, 1.54) is 12.1 Å². The highest BCUT2D eigenvalue weighted by Gasteiger charge is 2.31. The lowest BCUT2D eigenvalue weighted by molar-refractivity contribution is -0.137. The first-order valence-corrected chi connectivity index (χ1v) is 7.10. The molecule has 2 aromatic rings. The first kappa shape index (κ1) is 15.1. The highest BCUT2D eigenvalue weighted by atomic mass is 19.4. The Labute approximate surface area is 126 Å². The molecule has 0 aromatic heterocycles. The van der Waals surface area contributed by atoms with Gasteiger partial charge in [-0.1, -0.05) is 36.4 Å². The normalized spacial score (nSPS) is 20.9. The van der Waals surface area contributed by atoms with Crippen LogP contribution >= 0.6 is 0 Å². The molecule has 0 saturated carbocycles. The number of aliphatic hydroxyl groups excluding tert-OH is 1. The fourth-order valence-electron chi connectivity index (χ4n) is 2.86. The van der Waals surface area contributed by atoms with E-state index in [-0.39, 0.29) is 6.04 Å². The molecule has 2 nitrogen and oxygen atoms in total. The number of aliphatic hydroxyl groups is 1. The Bertz CT molecular complexity index is 652. The van der Waals surface area contributed by atoms with Crippen molar-refractivity contribution in [2.24, 2.45) is 0 Å². The van der Waals surface area contributed by atoms with Crippen LogP contribution in [0.4, 0.5) is 13.2 Å².